The number of amides is 2. The Morgan fingerprint density at radius 1 is 0.852 bits per heavy atom. The summed E-state index contributed by atoms with van der Waals surface area (Å²) < 4.78 is 39.4. The summed E-state index contributed by atoms with van der Waals surface area (Å²) in [5.41, 5.74) is 0.243. The Labute approximate surface area is 155 Å². The van der Waals surface area contributed by atoms with Crippen molar-refractivity contribution < 1.29 is 22.8 Å². The van der Waals surface area contributed by atoms with Crippen LogP contribution in [-0.4, -0.2) is 47.8 Å². The quantitative estimate of drug-likeness (QED) is 0.803. The van der Waals surface area contributed by atoms with E-state index in [1.54, 1.807) is 23.1 Å². The fourth-order valence-corrected chi connectivity index (χ4v) is 3.16. The van der Waals surface area contributed by atoms with Gasteiger partial charge in [-0.15, -0.1) is 0 Å². The molecule has 0 saturated carbocycles. The molecular formula is C20H19F3N2O2. The maximum absolute atomic E-state index is 13.1. The van der Waals surface area contributed by atoms with Crippen molar-refractivity contribution in [1.29, 1.82) is 0 Å². The molecule has 0 aromatic heterocycles. The number of rotatable bonds is 2. The molecule has 0 N–H and O–H groups in total. The zero-order valence-corrected chi connectivity index (χ0v) is 14.8. The third kappa shape index (κ3) is 4.13. The van der Waals surface area contributed by atoms with Gasteiger partial charge in [0.25, 0.3) is 11.8 Å². The Bertz CT molecular complexity index is 856. The second-order valence-electron chi connectivity index (χ2n) is 6.50. The van der Waals surface area contributed by atoms with Crippen molar-refractivity contribution in [1.82, 2.24) is 9.80 Å². The summed E-state index contributed by atoms with van der Waals surface area (Å²) >= 11 is 0. The highest BCUT2D eigenvalue weighted by Gasteiger charge is 2.36. The molecule has 1 saturated heterocycles. The summed E-state index contributed by atoms with van der Waals surface area (Å²) in [6, 6.07) is 12.0. The summed E-state index contributed by atoms with van der Waals surface area (Å²) in [7, 11) is 0. The number of piperazine rings is 1. The van der Waals surface area contributed by atoms with E-state index in [0.29, 0.717) is 5.56 Å². The average Bonchev–Trinajstić information content (AvgIpc) is 2.66. The third-order valence-corrected chi connectivity index (χ3v) is 4.58. The van der Waals surface area contributed by atoms with Crippen LogP contribution in [0, 0.1) is 6.92 Å². The number of halogens is 3. The standard InChI is InChI=1S/C20H19F3N2O2/c1-14-5-4-6-15(13-14)18(26)24-9-11-25(12-10-24)19(27)16-7-2-3-8-17(16)20(21,22)23/h2-8,13H,9-12H2,1H3. The van der Waals surface area contributed by atoms with E-state index in [0.717, 1.165) is 11.6 Å². The predicted octanol–water partition coefficient (Wildman–Crippen LogP) is 3.61. The normalized spacial score (nSPS) is 15.0. The number of hydrogen-bond acceptors (Lipinski definition) is 2. The molecule has 27 heavy (non-hydrogen) atoms. The van der Waals surface area contributed by atoms with E-state index in [-0.39, 0.29) is 37.6 Å². The first-order valence-corrected chi connectivity index (χ1v) is 8.59. The Balaban J connectivity index is 1.69. The first kappa shape index (κ1) is 18.9. The highest BCUT2D eigenvalue weighted by molar-refractivity contribution is 5.97. The molecule has 0 bridgehead atoms. The molecule has 0 atom stereocenters. The number of aryl methyl sites for hydroxylation is 1. The lowest BCUT2D eigenvalue weighted by molar-refractivity contribution is -0.138. The molecular weight excluding hydrogens is 357 g/mol. The second kappa shape index (κ2) is 7.42. The Kier molecular flexibility index (Phi) is 5.21. The van der Waals surface area contributed by atoms with E-state index in [1.165, 1.54) is 23.1 Å². The van der Waals surface area contributed by atoms with Gasteiger partial charge in [0, 0.05) is 31.7 Å². The van der Waals surface area contributed by atoms with Crippen LogP contribution in [0.3, 0.4) is 0 Å². The topological polar surface area (TPSA) is 40.6 Å². The Morgan fingerprint density at radius 3 is 2.04 bits per heavy atom. The van der Waals surface area contributed by atoms with Crippen LogP contribution in [0.15, 0.2) is 48.5 Å². The lowest BCUT2D eigenvalue weighted by Gasteiger charge is -2.35. The van der Waals surface area contributed by atoms with Gasteiger partial charge in [-0.05, 0) is 31.2 Å². The van der Waals surface area contributed by atoms with Gasteiger partial charge in [-0.25, -0.2) is 0 Å². The number of carbonyl (C=O) groups excluding carboxylic acids is 2. The minimum atomic E-state index is -4.59. The van der Waals surface area contributed by atoms with Crippen LogP contribution in [0.2, 0.25) is 0 Å². The van der Waals surface area contributed by atoms with Crippen LogP contribution in [0.4, 0.5) is 13.2 Å². The van der Waals surface area contributed by atoms with Gasteiger partial charge >= 0.3 is 6.18 Å². The maximum Gasteiger partial charge on any atom is 0.417 e. The van der Waals surface area contributed by atoms with Crippen LogP contribution in [0.1, 0.15) is 31.8 Å². The number of benzene rings is 2. The third-order valence-electron chi connectivity index (χ3n) is 4.58. The first-order chi connectivity index (χ1) is 12.8. The van der Waals surface area contributed by atoms with E-state index < -0.39 is 17.6 Å². The SMILES string of the molecule is Cc1cccc(C(=O)N2CCN(C(=O)c3ccccc3C(F)(F)F)CC2)c1. The molecule has 1 aliphatic rings. The number of carbonyl (C=O) groups is 2. The van der Waals surface area contributed by atoms with Crippen molar-refractivity contribution in [2.24, 2.45) is 0 Å². The van der Waals surface area contributed by atoms with E-state index in [9.17, 15) is 22.8 Å². The van der Waals surface area contributed by atoms with Gasteiger partial charge in [0.15, 0.2) is 0 Å². The summed E-state index contributed by atoms with van der Waals surface area (Å²) in [5, 5.41) is 0. The lowest BCUT2D eigenvalue weighted by atomic mass is 10.1. The van der Waals surface area contributed by atoms with Crippen molar-refractivity contribution in [3.05, 3.63) is 70.8 Å². The minimum absolute atomic E-state index is 0.138. The molecule has 1 heterocycles. The highest BCUT2D eigenvalue weighted by Crippen LogP contribution is 2.32. The maximum atomic E-state index is 13.1. The van der Waals surface area contributed by atoms with E-state index in [4.69, 9.17) is 0 Å². The first-order valence-electron chi connectivity index (χ1n) is 8.59. The van der Waals surface area contributed by atoms with E-state index >= 15 is 0 Å². The van der Waals surface area contributed by atoms with E-state index in [1.807, 2.05) is 13.0 Å². The molecule has 3 rings (SSSR count). The number of nitrogens with zero attached hydrogens (tertiary/aromatic N) is 2. The van der Waals surface area contributed by atoms with Gasteiger partial charge in [-0.3, -0.25) is 9.59 Å². The smallest absolute Gasteiger partial charge is 0.335 e. The van der Waals surface area contributed by atoms with Gasteiger partial charge in [0.05, 0.1) is 11.1 Å². The van der Waals surface area contributed by atoms with Crippen molar-refractivity contribution in [2.75, 3.05) is 26.2 Å². The highest BCUT2D eigenvalue weighted by atomic mass is 19.4. The van der Waals surface area contributed by atoms with Crippen LogP contribution in [-0.2, 0) is 6.18 Å². The van der Waals surface area contributed by atoms with Crippen LogP contribution < -0.4 is 0 Å². The molecule has 0 radical (unpaired) electrons. The van der Waals surface area contributed by atoms with Gasteiger partial charge in [-0.2, -0.15) is 13.2 Å². The fourth-order valence-electron chi connectivity index (χ4n) is 3.16. The van der Waals surface area contributed by atoms with Crippen molar-refractivity contribution >= 4 is 11.8 Å². The Hall–Kier alpha value is -2.83. The molecule has 2 aromatic rings. The second-order valence-corrected chi connectivity index (χ2v) is 6.50. The van der Waals surface area contributed by atoms with Gasteiger partial charge < -0.3 is 9.80 Å². The molecule has 1 aliphatic heterocycles. The summed E-state index contributed by atoms with van der Waals surface area (Å²) in [4.78, 5) is 28.1. The van der Waals surface area contributed by atoms with Gasteiger partial charge in [-0.1, -0.05) is 29.8 Å². The van der Waals surface area contributed by atoms with E-state index in [2.05, 4.69) is 0 Å². The van der Waals surface area contributed by atoms with Gasteiger partial charge in [0.2, 0.25) is 0 Å². The summed E-state index contributed by atoms with van der Waals surface area (Å²) in [6.45, 7) is 2.86. The molecule has 1 fully saturated rings. The molecule has 0 spiro atoms. The molecule has 7 heteroatoms. The number of hydrogen-bond donors (Lipinski definition) is 0. The molecule has 4 nitrogen and oxygen atoms in total. The van der Waals surface area contributed by atoms with Gasteiger partial charge in [0.1, 0.15) is 0 Å². The van der Waals surface area contributed by atoms with Crippen LogP contribution in [0.25, 0.3) is 0 Å². The summed E-state index contributed by atoms with van der Waals surface area (Å²) in [6.07, 6.45) is -4.59. The van der Waals surface area contributed by atoms with Crippen LogP contribution in [0.5, 0.6) is 0 Å². The zero-order chi connectivity index (χ0) is 19.6. The monoisotopic (exact) mass is 376 g/mol. The van der Waals surface area contributed by atoms with Crippen molar-refractivity contribution in [3.8, 4) is 0 Å². The fraction of sp³-hybridized carbons (Fsp3) is 0.300. The summed E-state index contributed by atoms with van der Waals surface area (Å²) in [5.74, 6) is -0.799. The van der Waals surface area contributed by atoms with Crippen LogP contribution >= 0.6 is 0 Å². The molecule has 2 aromatic carbocycles. The molecule has 2 amide bonds. The largest absolute Gasteiger partial charge is 0.417 e. The molecule has 142 valence electrons. The minimum Gasteiger partial charge on any atom is -0.335 e. The molecule has 0 unspecified atom stereocenters. The van der Waals surface area contributed by atoms with Crippen molar-refractivity contribution in [3.63, 3.8) is 0 Å². The predicted molar refractivity (Wildman–Crippen MR) is 94.4 cm³/mol. The molecule has 0 aliphatic carbocycles. The Morgan fingerprint density at radius 2 is 1.44 bits per heavy atom. The lowest BCUT2D eigenvalue weighted by Crippen LogP contribution is -2.50. The number of alkyl halides is 3. The van der Waals surface area contributed by atoms with Crippen molar-refractivity contribution in [2.45, 2.75) is 13.1 Å². The average molecular weight is 376 g/mol. The zero-order valence-electron chi connectivity index (χ0n) is 14.8.